The minimum absolute atomic E-state index is 0.00543. The molecular weight excluding hydrogens is 425 g/mol. The van der Waals surface area contributed by atoms with E-state index in [2.05, 4.69) is 8.85 Å². The molecule has 0 spiro atoms. The average Bonchev–Trinajstić information content (AvgIpc) is 2.39. The van der Waals surface area contributed by atoms with Gasteiger partial charge < -0.3 is 19.0 Å². The Labute approximate surface area is 142 Å². The highest BCUT2D eigenvalue weighted by atomic mass is 29.6. The molecule has 0 unspecified atom stereocenters. The molecule has 16 heteroatoms. The maximum Gasteiger partial charge on any atom is 0.410 e. The van der Waals surface area contributed by atoms with Crippen LogP contribution in [0.25, 0.3) is 0 Å². The Hall–Kier alpha value is -0.139. The Morgan fingerprint density at radius 3 is 1.44 bits per heavy atom. The van der Waals surface area contributed by atoms with E-state index in [4.69, 9.17) is 10.2 Å². The summed E-state index contributed by atoms with van der Waals surface area (Å²) < 4.78 is 124. The lowest BCUT2D eigenvalue weighted by molar-refractivity contribution is -0.158. The van der Waals surface area contributed by atoms with Crippen molar-refractivity contribution in [2.24, 2.45) is 5.73 Å². The third-order valence-corrected chi connectivity index (χ3v) is 17.9. The number of hydrogen-bond acceptors (Lipinski definition) is 4. The van der Waals surface area contributed by atoms with E-state index in [0.717, 1.165) is 0 Å². The molecule has 0 aliphatic rings. The Morgan fingerprint density at radius 1 is 0.720 bits per heavy atom. The second kappa shape index (κ2) is 10.3. The standard InChI is InChI=1S/C9H18F9NO3Si3/c10-7(11,12)4-20-23-25(3-1-2-19,22-6-9(16,17)18)24-21-5-8(13,14)15/h1-6,19,23-24H2. The van der Waals surface area contributed by atoms with Crippen LogP contribution in [0.1, 0.15) is 6.42 Å². The highest BCUT2D eigenvalue weighted by molar-refractivity contribution is 7.45. The molecule has 0 amide bonds. The first-order valence-electron chi connectivity index (χ1n) is 6.88. The van der Waals surface area contributed by atoms with Gasteiger partial charge in [-0.3, -0.25) is 0 Å². The second-order valence-electron chi connectivity index (χ2n) is 5.20. The number of alkyl halides is 9. The van der Waals surface area contributed by atoms with E-state index in [9.17, 15) is 39.5 Å². The van der Waals surface area contributed by atoms with Crippen molar-refractivity contribution < 1.29 is 52.8 Å². The van der Waals surface area contributed by atoms with Crippen LogP contribution in [0.5, 0.6) is 0 Å². The van der Waals surface area contributed by atoms with Crippen LogP contribution in [0, 0.1) is 0 Å². The van der Waals surface area contributed by atoms with Crippen LogP contribution in [0.15, 0.2) is 0 Å². The van der Waals surface area contributed by atoms with E-state index in [1.54, 1.807) is 0 Å². The van der Waals surface area contributed by atoms with Crippen molar-refractivity contribution in [2.45, 2.75) is 31.0 Å². The summed E-state index contributed by atoms with van der Waals surface area (Å²) in [6.45, 7) is -5.11. The summed E-state index contributed by atoms with van der Waals surface area (Å²) in [7, 11) is -8.20. The second-order valence-corrected chi connectivity index (χ2v) is 22.2. The zero-order valence-electron chi connectivity index (χ0n) is 12.9. The van der Waals surface area contributed by atoms with Crippen molar-refractivity contribution >= 4 is 25.9 Å². The van der Waals surface area contributed by atoms with Crippen molar-refractivity contribution in [1.82, 2.24) is 0 Å². The summed E-state index contributed by atoms with van der Waals surface area (Å²) in [4.78, 5) is 0. The first-order valence-corrected chi connectivity index (χ1v) is 14.8. The fourth-order valence-corrected chi connectivity index (χ4v) is 15.0. The summed E-state index contributed by atoms with van der Waals surface area (Å²) in [6, 6.07) is -0.117. The van der Waals surface area contributed by atoms with Gasteiger partial charge in [-0.25, -0.2) is 0 Å². The third kappa shape index (κ3) is 14.7. The van der Waals surface area contributed by atoms with Gasteiger partial charge in [-0.15, -0.1) is 0 Å². The van der Waals surface area contributed by atoms with Gasteiger partial charge in [-0.05, 0) is 19.0 Å². The van der Waals surface area contributed by atoms with Gasteiger partial charge in [0.15, 0.2) is 18.6 Å². The molecule has 25 heavy (non-hydrogen) atoms. The molecule has 0 radical (unpaired) electrons. The third-order valence-electron chi connectivity index (χ3n) is 2.64. The van der Waals surface area contributed by atoms with Gasteiger partial charge in [0, 0.05) is 0 Å². The number of hydrogen-bond donors (Lipinski definition) is 1. The molecule has 0 rings (SSSR count). The predicted octanol–water partition coefficient (Wildman–Crippen LogP) is 1.18. The van der Waals surface area contributed by atoms with Crippen LogP contribution < -0.4 is 5.73 Å². The highest BCUT2D eigenvalue weighted by Crippen LogP contribution is 2.22. The van der Waals surface area contributed by atoms with Gasteiger partial charge in [0.1, 0.15) is 19.8 Å². The summed E-state index contributed by atoms with van der Waals surface area (Å²) in [6.07, 6.45) is -14.1. The molecule has 4 nitrogen and oxygen atoms in total. The van der Waals surface area contributed by atoms with Gasteiger partial charge in [0.2, 0.25) is 7.35 Å². The van der Waals surface area contributed by atoms with Crippen molar-refractivity contribution in [2.75, 3.05) is 26.4 Å². The van der Waals surface area contributed by atoms with Gasteiger partial charge in [-0.1, -0.05) is 0 Å². The molecule has 2 N–H and O–H groups in total. The normalized spacial score (nSPS) is 17.0. The average molecular weight is 443 g/mol. The molecule has 0 aromatic carbocycles. The number of nitrogens with two attached hydrogens (primary N) is 1. The maximum atomic E-state index is 12.4. The predicted molar refractivity (Wildman–Crippen MR) is 77.3 cm³/mol. The van der Waals surface area contributed by atoms with E-state index in [1.165, 1.54) is 0 Å². The van der Waals surface area contributed by atoms with Crippen molar-refractivity contribution in [1.29, 1.82) is 0 Å². The molecule has 0 fully saturated rings. The molecule has 0 aliphatic heterocycles. The van der Waals surface area contributed by atoms with Crippen LogP contribution in [-0.2, 0) is 13.3 Å². The molecule has 0 heterocycles. The largest absolute Gasteiger partial charge is 0.416 e. The van der Waals surface area contributed by atoms with Crippen LogP contribution in [0.2, 0.25) is 6.04 Å². The van der Waals surface area contributed by atoms with E-state index in [1.807, 2.05) is 0 Å². The fraction of sp³-hybridized carbons (Fsp3) is 1.00. The monoisotopic (exact) mass is 443 g/mol. The summed E-state index contributed by atoms with van der Waals surface area (Å²) in [5.41, 5.74) is 5.25. The van der Waals surface area contributed by atoms with Crippen LogP contribution in [0.4, 0.5) is 39.5 Å². The Bertz CT molecular complexity index is 358. The molecule has 152 valence electrons. The molecule has 0 bridgehead atoms. The van der Waals surface area contributed by atoms with Crippen molar-refractivity contribution in [3.63, 3.8) is 0 Å². The van der Waals surface area contributed by atoms with Crippen LogP contribution >= 0.6 is 0 Å². The first kappa shape index (κ1) is 24.9. The van der Waals surface area contributed by atoms with E-state index in [-0.39, 0.29) is 19.0 Å². The van der Waals surface area contributed by atoms with Crippen LogP contribution in [0.3, 0.4) is 0 Å². The minimum atomic E-state index is -4.77. The molecule has 0 atom stereocenters. The number of halogens is 9. The molecule has 0 saturated heterocycles. The zero-order valence-corrected chi connectivity index (χ0v) is 16.7. The first-order chi connectivity index (χ1) is 11.2. The summed E-state index contributed by atoms with van der Waals surface area (Å²) in [5.74, 6) is 0. The van der Waals surface area contributed by atoms with E-state index < -0.39 is 64.3 Å². The number of rotatable bonds is 11. The lowest BCUT2D eigenvalue weighted by atomic mass is 10.5. The summed E-state index contributed by atoms with van der Waals surface area (Å²) >= 11 is 0. The van der Waals surface area contributed by atoms with E-state index >= 15 is 0 Å². The van der Waals surface area contributed by atoms with Crippen molar-refractivity contribution in [3.05, 3.63) is 0 Å². The lowest BCUT2D eigenvalue weighted by Gasteiger charge is -2.31. The summed E-state index contributed by atoms with van der Waals surface area (Å²) in [5, 5.41) is 0. The highest BCUT2D eigenvalue weighted by Gasteiger charge is 2.43. The quantitative estimate of drug-likeness (QED) is 0.385. The fourth-order valence-electron chi connectivity index (χ4n) is 1.71. The molecular formula is C9H18F9NO3Si3. The Balaban J connectivity index is 5.04. The topological polar surface area (TPSA) is 53.7 Å². The van der Waals surface area contributed by atoms with Crippen molar-refractivity contribution in [3.8, 4) is 0 Å². The lowest BCUT2D eigenvalue weighted by Crippen LogP contribution is -2.56. The van der Waals surface area contributed by atoms with Crippen LogP contribution in [-0.4, -0.2) is 70.8 Å². The maximum absolute atomic E-state index is 12.4. The SMILES string of the molecule is NCCC[Si](OCC(F)(F)F)([SiH2]OCC(F)(F)F)[SiH2]OCC(F)(F)F. The van der Waals surface area contributed by atoms with Gasteiger partial charge in [0.25, 0.3) is 0 Å². The zero-order chi connectivity index (χ0) is 19.8. The van der Waals surface area contributed by atoms with Gasteiger partial charge in [0.05, 0.1) is 0 Å². The van der Waals surface area contributed by atoms with Gasteiger partial charge in [-0.2, -0.15) is 39.5 Å². The van der Waals surface area contributed by atoms with E-state index in [0.29, 0.717) is 0 Å². The molecule has 0 aliphatic carbocycles. The smallest absolute Gasteiger partial charge is 0.410 e. The minimum Gasteiger partial charge on any atom is -0.416 e. The molecule has 0 aromatic rings. The Morgan fingerprint density at radius 2 is 1.12 bits per heavy atom. The Kier molecular flexibility index (Phi) is 10.2. The molecule has 0 saturated carbocycles. The molecule has 0 aromatic heterocycles. The van der Waals surface area contributed by atoms with Gasteiger partial charge >= 0.3 is 18.5 Å².